The van der Waals surface area contributed by atoms with Crippen molar-refractivity contribution in [2.45, 2.75) is 39.3 Å². The molecule has 3 aromatic rings. The minimum atomic E-state index is -0.248. The maximum absolute atomic E-state index is 15.1. The van der Waals surface area contributed by atoms with Crippen LogP contribution in [0.3, 0.4) is 0 Å². The molecule has 1 aromatic heterocycles. The van der Waals surface area contributed by atoms with Crippen molar-refractivity contribution in [2.75, 3.05) is 37.4 Å². The number of aryl methyl sites for hydroxylation is 1. The molecule has 0 aliphatic carbocycles. The van der Waals surface area contributed by atoms with E-state index in [4.69, 9.17) is 0 Å². The van der Waals surface area contributed by atoms with E-state index in [1.807, 2.05) is 57.0 Å². The molecule has 0 bridgehead atoms. The Kier molecular flexibility index (Phi) is 5.98. The largest absolute Gasteiger partial charge is 0.368 e. The third-order valence-corrected chi connectivity index (χ3v) is 6.64. The summed E-state index contributed by atoms with van der Waals surface area (Å²) in [7, 11) is 4.05. The van der Waals surface area contributed by atoms with Crippen molar-refractivity contribution in [2.24, 2.45) is 0 Å². The molecule has 0 radical (unpaired) electrons. The number of likely N-dealkylation sites (N-methyl/N-ethyl adjacent to an activating group) is 2. The van der Waals surface area contributed by atoms with Crippen molar-refractivity contribution in [3.05, 3.63) is 58.5 Å². The lowest BCUT2D eigenvalue weighted by molar-refractivity contribution is 0.409. The number of rotatable bonds is 5. The fraction of sp³-hybridized carbons (Fsp3) is 0.400. The van der Waals surface area contributed by atoms with E-state index in [0.717, 1.165) is 41.4 Å². The van der Waals surface area contributed by atoms with Crippen molar-refractivity contribution < 1.29 is 4.39 Å². The Morgan fingerprint density at radius 2 is 2.03 bits per heavy atom. The van der Waals surface area contributed by atoms with Gasteiger partial charge in [-0.1, -0.05) is 12.1 Å². The van der Waals surface area contributed by atoms with E-state index < -0.39 is 0 Å². The molecule has 0 unspecified atom stereocenters. The highest BCUT2D eigenvalue weighted by Crippen LogP contribution is 2.34. The van der Waals surface area contributed by atoms with Gasteiger partial charge in [-0.25, -0.2) is 4.39 Å². The topological polar surface area (TPSA) is 68.1 Å². The minimum absolute atomic E-state index is 0.0989. The number of aromatic nitrogens is 2. The monoisotopic (exact) mass is 432 g/mol. The van der Waals surface area contributed by atoms with Crippen LogP contribution in [0.15, 0.2) is 30.3 Å². The van der Waals surface area contributed by atoms with Crippen LogP contribution < -0.4 is 10.2 Å². The molecule has 2 atom stereocenters. The van der Waals surface area contributed by atoms with Crippen LogP contribution in [0.25, 0.3) is 10.8 Å². The van der Waals surface area contributed by atoms with E-state index in [-0.39, 0.29) is 17.9 Å². The molecule has 1 saturated heterocycles. The van der Waals surface area contributed by atoms with Crippen LogP contribution >= 0.6 is 0 Å². The second-order valence-corrected chi connectivity index (χ2v) is 8.80. The molecule has 6 nitrogen and oxygen atoms in total. The second kappa shape index (κ2) is 8.71. The molecule has 1 aliphatic heterocycles. The number of anilines is 2. The maximum Gasteiger partial charge on any atom is 0.157 e. The van der Waals surface area contributed by atoms with Crippen molar-refractivity contribution >= 4 is 22.3 Å². The van der Waals surface area contributed by atoms with E-state index in [0.29, 0.717) is 22.8 Å². The lowest BCUT2D eigenvalue weighted by atomic mass is 9.98. The quantitative estimate of drug-likeness (QED) is 0.637. The number of hydrogen-bond donors (Lipinski definition) is 1. The third kappa shape index (κ3) is 3.98. The van der Waals surface area contributed by atoms with E-state index in [1.165, 1.54) is 0 Å². The summed E-state index contributed by atoms with van der Waals surface area (Å²) < 4.78 is 15.1. The smallest absolute Gasteiger partial charge is 0.157 e. The summed E-state index contributed by atoms with van der Waals surface area (Å²) in [6.07, 6.45) is 1.01. The summed E-state index contributed by atoms with van der Waals surface area (Å²) in [6, 6.07) is 11.6. The zero-order valence-corrected chi connectivity index (χ0v) is 19.3. The number of halogens is 1. The van der Waals surface area contributed by atoms with Gasteiger partial charge in [0.1, 0.15) is 5.82 Å². The number of fused-ring (bicyclic) bond motifs is 1. The fourth-order valence-corrected chi connectivity index (χ4v) is 4.62. The molecule has 166 valence electrons. The summed E-state index contributed by atoms with van der Waals surface area (Å²) in [5, 5.41) is 23.1. The summed E-state index contributed by atoms with van der Waals surface area (Å²) in [5.41, 5.74) is 3.88. The Hall–Kier alpha value is -3.24. The molecule has 32 heavy (non-hydrogen) atoms. The fourth-order valence-electron chi connectivity index (χ4n) is 4.62. The molecule has 0 saturated carbocycles. The third-order valence-electron chi connectivity index (χ3n) is 6.64. The molecule has 1 fully saturated rings. The molecular formula is C25H29FN6. The normalized spacial score (nSPS) is 17.3. The first-order valence-corrected chi connectivity index (χ1v) is 10.9. The van der Waals surface area contributed by atoms with E-state index in [2.05, 4.69) is 33.5 Å². The molecule has 2 aromatic carbocycles. The van der Waals surface area contributed by atoms with Gasteiger partial charge in [-0.3, -0.25) is 0 Å². The highest BCUT2D eigenvalue weighted by atomic mass is 19.1. The lowest BCUT2D eigenvalue weighted by Gasteiger charge is -2.27. The highest BCUT2D eigenvalue weighted by molar-refractivity contribution is 5.95. The van der Waals surface area contributed by atoms with Crippen LogP contribution in [0.4, 0.5) is 15.9 Å². The van der Waals surface area contributed by atoms with Crippen LogP contribution in [-0.4, -0.2) is 48.3 Å². The summed E-state index contributed by atoms with van der Waals surface area (Å²) in [4.78, 5) is 4.31. The lowest BCUT2D eigenvalue weighted by Crippen LogP contribution is -2.34. The van der Waals surface area contributed by atoms with Gasteiger partial charge in [0.2, 0.25) is 0 Å². The molecular weight excluding hydrogens is 403 g/mol. The Morgan fingerprint density at radius 1 is 1.25 bits per heavy atom. The molecule has 0 amide bonds. The molecule has 1 aliphatic rings. The number of nitrogens with one attached hydrogen (secondary N) is 1. The molecule has 2 heterocycles. The van der Waals surface area contributed by atoms with Gasteiger partial charge in [0.25, 0.3) is 0 Å². The zero-order valence-electron chi connectivity index (χ0n) is 19.3. The van der Waals surface area contributed by atoms with Crippen LogP contribution in [0, 0.1) is 31.0 Å². The van der Waals surface area contributed by atoms with Crippen LogP contribution in [0.5, 0.6) is 0 Å². The minimum Gasteiger partial charge on any atom is -0.368 e. The number of nitrogens with zero attached hydrogens (tertiary/aromatic N) is 5. The van der Waals surface area contributed by atoms with Crippen LogP contribution in [0.2, 0.25) is 0 Å². The summed E-state index contributed by atoms with van der Waals surface area (Å²) >= 11 is 0. The van der Waals surface area contributed by atoms with E-state index in [9.17, 15) is 5.26 Å². The summed E-state index contributed by atoms with van der Waals surface area (Å²) in [5.74, 6) is 0.361. The Labute approximate surface area is 188 Å². The number of hydrogen-bond acceptors (Lipinski definition) is 6. The first-order chi connectivity index (χ1) is 15.3. The molecule has 1 N–H and O–H groups in total. The van der Waals surface area contributed by atoms with Gasteiger partial charge in [-0.05, 0) is 70.1 Å². The number of nitriles is 1. The molecule has 4 rings (SSSR count). The molecule has 0 spiro atoms. The Morgan fingerprint density at radius 3 is 2.72 bits per heavy atom. The van der Waals surface area contributed by atoms with Crippen molar-refractivity contribution in [3.63, 3.8) is 0 Å². The van der Waals surface area contributed by atoms with E-state index in [1.54, 1.807) is 6.07 Å². The number of benzene rings is 2. The van der Waals surface area contributed by atoms with Crippen molar-refractivity contribution in [1.82, 2.24) is 15.1 Å². The van der Waals surface area contributed by atoms with Gasteiger partial charge in [-0.15, -0.1) is 5.10 Å². The predicted octanol–water partition coefficient (Wildman–Crippen LogP) is 4.57. The van der Waals surface area contributed by atoms with Gasteiger partial charge in [0.15, 0.2) is 5.82 Å². The highest BCUT2D eigenvalue weighted by Gasteiger charge is 2.26. The van der Waals surface area contributed by atoms with Crippen LogP contribution in [-0.2, 0) is 0 Å². The van der Waals surface area contributed by atoms with Gasteiger partial charge in [0.05, 0.1) is 29.1 Å². The Balaban J connectivity index is 1.74. The first-order valence-electron chi connectivity index (χ1n) is 10.9. The van der Waals surface area contributed by atoms with Gasteiger partial charge in [-0.2, -0.15) is 10.4 Å². The van der Waals surface area contributed by atoms with E-state index >= 15 is 4.39 Å². The standard InChI is InChI=1S/C25H29FN6/c1-15-18(13-27)7-6-8-20(15)16(2)28-25-22-12-24(32(5)19-9-10-31(4)14-19)23(26)11-21(22)17(3)29-30-25/h6-8,11-12,16,19H,9-10,14H2,1-5H3,(H,28,30)/t16-,19+/m1/s1. The Bertz CT molecular complexity index is 1200. The molecule has 7 heteroatoms. The zero-order chi connectivity index (χ0) is 23.0. The predicted molar refractivity (Wildman–Crippen MR) is 126 cm³/mol. The second-order valence-electron chi connectivity index (χ2n) is 8.80. The van der Waals surface area contributed by atoms with Crippen molar-refractivity contribution in [3.8, 4) is 6.07 Å². The van der Waals surface area contributed by atoms with Gasteiger partial charge >= 0.3 is 0 Å². The van der Waals surface area contributed by atoms with Crippen LogP contribution in [0.1, 0.15) is 41.8 Å². The SMILES string of the molecule is Cc1c(C#N)cccc1[C@@H](C)Nc1nnc(C)c2cc(F)c(N(C)[C@H]3CCN(C)C3)cc12. The maximum atomic E-state index is 15.1. The first kappa shape index (κ1) is 22.0. The average molecular weight is 433 g/mol. The van der Waals surface area contributed by atoms with Gasteiger partial charge in [0, 0.05) is 30.4 Å². The number of likely N-dealkylation sites (tertiary alicyclic amines) is 1. The average Bonchev–Trinajstić information content (AvgIpc) is 3.21. The summed E-state index contributed by atoms with van der Waals surface area (Å²) in [6.45, 7) is 7.75. The van der Waals surface area contributed by atoms with Gasteiger partial charge < -0.3 is 15.1 Å². The van der Waals surface area contributed by atoms with Crippen molar-refractivity contribution in [1.29, 1.82) is 5.26 Å².